The van der Waals surface area contributed by atoms with Gasteiger partial charge in [-0.3, -0.25) is 9.59 Å². The quantitative estimate of drug-likeness (QED) is 0.403. The molecule has 0 aliphatic carbocycles. The average Bonchev–Trinajstić information content (AvgIpc) is 2.79. The molecule has 0 bridgehead atoms. The van der Waals surface area contributed by atoms with Gasteiger partial charge in [-0.25, -0.2) is 5.43 Å². The Kier molecular flexibility index (Phi) is 5.39. The SMILES string of the molecule is COc1ccc(/C=N/NC(=O)c2ccc(-c3cc(=O)c4ccccc4o3)cc2)cc1. The topological polar surface area (TPSA) is 80.9 Å². The average molecular weight is 398 g/mol. The number of carbonyl (C=O) groups is 1. The molecular weight excluding hydrogens is 380 g/mol. The minimum atomic E-state index is -0.341. The van der Waals surface area contributed by atoms with Crippen LogP contribution in [0.3, 0.4) is 0 Å². The second-order valence-electron chi connectivity index (χ2n) is 6.52. The van der Waals surface area contributed by atoms with E-state index in [0.717, 1.165) is 11.3 Å². The normalized spacial score (nSPS) is 11.0. The van der Waals surface area contributed by atoms with E-state index in [9.17, 15) is 9.59 Å². The Labute approximate surface area is 172 Å². The van der Waals surface area contributed by atoms with Gasteiger partial charge in [0.25, 0.3) is 5.91 Å². The Morgan fingerprint density at radius 1 is 1.00 bits per heavy atom. The number of fused-ring (bicyclic) bond motifs is 1. The molecule has 0 fully saturated rings. The van der Waals surface area contributed by atoms with Gasteiger partial charge in [-0.1, -0.05) is 24.3 Å². The van der Waals surface area contributed by atoms with Crippen molar-refractivity contribution in [2.75, 3.05) is 7.11 Å². The lowest BCUT2D eigenvalue weighted by Crippen LogP contribution is -2.17. The monoisotopic (exact) mass is 398 g/mol. The van der Waals surface area contributed by atoms with Crippen molar-refractivity contribution in [1.29, 1.82) is 0 Å². The molecule has 3 aromatic carbocycles. The number of nitrogens with zero attached hydrogens (tertiary/aromatic N) is 1. The lowest BCUT2D eigenvalue weighted by molar-refractivity contribution is 0.0955. The highest BCUT2D eigenvalue weighted by molar-refractivity contribution is 5.95. The van der Waals surface area contributed by atoms with Crippen molar-refractivity contribution in [3.05, 3.63) is 100 Å². The van der Waals surface area contributed by atoms with E-state index in [2.05, 4.69) is 10.5 Å². The predicted octanol–water partition coefficient (Wildman–Crippen LogP) is 4.23. The Morgan fingerprint density at radius 3 is 2.47 bits per heavy atom. The number of amides is 1. The second kappa shape index (κ2) is 8.45. The maximum Gasteiger partial charge on any atom is 0.271 e. The van der Waals surface area contributed by atoms with Gasteiger partial charge in [-0.15, -0.1) is 0 Å². The fraction of sp³-hybridized carbons (Fsp3) is 0.0417. The van der Waals surface area contributed by atoms with Gasteiger partial charge < -0.3 is 9.15 Å². The second-order valence-corrected chi connectivity index (χ2v) is 6.52. The smallest absolute Gasteiger partial charge is 0.271 e. The van der Waals surface area contributed by atoms with Crippen LogP contribution in [0.2, 0.25) is 0 Å². The summed E-state index contributed by atoms with van der Waals surface area (Å²) < 4.78 is 10.9. The number of para-hydroxylation sites is 1. The fourth-order valence-corrected chi connectivity index (χ4v) is 2.95. The van der Waals surface area contributed by atoms with Crippen molar-refractivity contribution in [3.8, 4) is 17.1 Å². The molecule has 0 atom stereocenters. The molecule has 0 aliphatic heterocycles. The summed E-state index contributed by atoms with van der Waals surface area (Å²) in [5.74, 6) is 0.855. The van der Waals surface area contributed by atoms with Gasteiger partial charge in [0.2, 0.25) is 0 Å². The summed E-state index contributed by atoms with van der Waals surface area (Å²) in [4.78, 5) is 24.6. The Hall–Kier alpha value is -4.19. The third-order valence-corrected chi connectivity index (χ3v) is 4.56. The van der Waals surface area contributed by atoms with E-state index in [1.807, 2.05) is 30.3 Å². The first-order valence-electron chi connectivity index (χ1n) is 9.25. The molecule has 30 heavy (non-hydrogen) atoms. The summed E-state index contributed by atoms with van der Waals surface area (Å²) in [5.41, 5.74) is 4.88. The van der Waals surface area contributed by atoms with Crippen LogP contribution in [-0.2, 0) is 0 Å². The number of hydrogen-bond donors (Lipinski definition) is 1. The van der Waals surface area contributed by atoms with Crippen LogP contribution in [0, 0.1) is 0 Å². The summed E-state index contributed by atoms with van der Waals surface area (Å²) in [6.07, 6.45) is 1.55. The van der Waals surface area contributed by atoms with Crippen LogP contribution < -0.4 is 15.6 Å². The van der Waals surface area contributed by atoms with Gasteiger partial charge in [-0.2, -0.15) is 5.10 Å². The first kappa shape index (κ1) is 19.1. The summed E-state index contributed by atoms with van der Waals surface area (Å²) >= 11 is 0. The van der Waals surface area contributed by atoms with E-state index in [0.29, 0.717) is 27.9 Å². The molecule has 0 saturated heterocycles. The summed E-state index contributed by atoms with van der Waals surface area (Å²) in [5, 5.41) is 4.51. The molecule has 0 unspecified atom stereocenters. The van der Waals surface area contributed by atoms with E-state index in [4.69, 9.17) is 9.15 Å². The van der Waals surface area contributed by atoms with Crippen LogP contribution >= 0.6 is 0 Å². The van der Waals surface area contributed by atoms with Crippen LogP contribution in [-0.4, -0.2) is 19.2 Å². The highest BCUT2D eigenvalue weighted by Gasteiger charge is 2.09. The van der Waals surface area contributed by atoms with Gasteiger partial charge >= 0.3 is 0 Å². The first-order chi connectivity index (χ1) is 14.6. The summed E-state index contributed by atoms with van der Waals surface area (Å²) in [6, 6.07) is 22.6. The van der Waals surface area contributed by atoms with Gasteiger partial charge in [0.1, 0.15) is 17.1 Å². The Bertz CT molecular complexity index is 1270. The summed E-state index contributed by atoms with van der Waals surface area (Å²) in [6.45, 7) is 0. The molecule has 148 valence electrons. The van der Waals surface area contributed by atoms with E-state index < -0.39 is 0 Å². The molecule has 0 radical (unpaired) electrons. The number of benzene rings is 3. The molecule has 1 aromatic heterocycles. The van der Waals surface area contributed by atoms with Gasteiger partial charge in [0.05, 0.1) is 18.7 Å². The van der Waals surface area contributed by atoms with E-state index in [1.165, 1.54) is 6.07 Å². The number of rotatable bonds is 5. The molecule has 0 aliphatic rings. The molecule has 0 spiro atoms. The zero-order chi connectivity index (χ0) is 20.9. The van der Waals surface area contributed by atoms with Crippen molar-refractivity contribution < 1.29 is 13.9 Å². The number of ether oxygens (including phenoxy) is 1. The van der Waals surface area contributed by atoms with Gasteiger partial charge in [-0.05, 0) is 54.1 Å². The molecule has 1 N–H and O–H groups in total. The standard InChI is InChI=1S/C24H18N2O4/c1-29-19-12-6-16(7-13-19)15-25-26-24(28)18-10-8-17(9-11-18)23-14-21(27)20-4-2-3-5-22(20)30-23/h2-15H,1H3,(H,26,28)/b25-15+. The highest BCUT2D eigenvalue weighted by atomic mass is 16.5. The molecular formula is C24H18N2O4. The molecule has 4 aromatic rings. The zero-order valence-electron chi connectivity index (χ0n) is 16.2. The highest BCUT2D eigenvalue weighted by Crippen LogP contribution is 2.22. The zero-order valence-corrected chi connectivity index (χ0v) is 16.2. The number of methoxy groups -OCH3 is 1. The maximum atomic E-state index is 12.3. The Morgan fingerprint density at radius 2 is 1.73 bits per heavy atom. The number of hydrogen-bond acceptors (Lipinski definition) is 5. The lowest BCUT2D eigenvalue weighted by atomic mass is 10.1. The van der Waals surface area contributed by atoms with Gasteiger partial charge in [0, 0.05) is 17.2 Å². The van der Waals surface area contributed by atoms with Crippen LogP contribution in [0.5, 0.6) is 5.75 Å². The third kappa shape index (κ3) is 4.12. The Balaban J connectivity index is 1.47. The minimum Gasteiger partial charge on any atom is -0.497 e. The minimum absolute atomic E-state index is 0.110. The van der Waals surface area contributed by atoms with Crippen LogP contribution in [0.15, 0.2) is 93.2 Å². The molecule has 4 rings (SSSR count). The largest absolute Gasteiger partial charge is 0.497 e. The molecule has 1 heterocycles. The fourth-order valence-electron chi connectivity index (χ4n) is 2.95. The van der Waals surface area contributed by atoms with Crippen molar-refractivity contribution in [2.45, 2.75) is 0 Å². The van der Waals surface area contributed by atoms with Crippen molar-refractivity contribution in [2.24, 2.45) is 5.10 Å². The van der Waals surface area contributed by atoms with Crippen LogP contribution in [0.1, 0.15) is 15.9 Å². The number of nitrogens with one attached hydrogen (secondary N) is 1. The molecule has 6 nitrogen and oxygen atoms in total. The lowest BCUT2D eigenvalue weighted by Gasteiger charge is -2.05. The van der Waals surface area contributed by atoms with E-state index in [1.54, 1.807) is 55.8 Å². The maximum absolute atomic E-state index is 12.3. The molecule has 1 amide bonds. The number of hydrazone groups is 1. The van der Waals surface area contributed by atoms with Crippen LogP contribution in [0.25, 0.3) is 22.3 Å². The molecule has 6 heteroatoms. The predicted molar refractivity (Wildman–Crippen MR) is 116 cm³/mol. The van der Waals surface area contributed by atoms with Crippen molar-refractivity contribution in [3.63, 3.8) is 0 Å². The van der Waals surface area contributed by atoms with Crippen LogP contribution in [0.4, 0.5) is 0 Å². The van der Waals surface area contributed by atoms with Gasteiger partial charge in [0.15, 0.2) is 5.43 Å². The third-order valence-electron chi connectivity index (χ3n) is 4.56. The van der Waals surface area contributed by atoms with E-state index in [-0.39, 0.29) is 11.3 Å². The van der Waals surface area contributed by atoms with Crippen molar-refractivity contribution in [1.82, 2.24) is 5.43 Å². The summed E-state index contributed by atoms with van der Waals surface area (Å²) in [7, 11) is 1.60. The van der Waals surface area contributed by atoms with E-state index >= 15 is 0 Å². The first-order valence-corrected chi connectivity index (χ1v) is 9.25. The number of carbonyl (C=O) groups excluding carboxylic acids is 1. The van der Waals surface area contributed by atoms with Crippen molar-refractivity contribution >= 4 is 23.1 Å². The molecule has 0 saturated carbocycles.